The van der Waals surface area contributed by atoms with Crippen LogP contribution in [0.25, 0.3) is 0 Å². The molecule has 2 rings (SSSR count). The van der Waals surface area contributed by atoms with Crippen LogP contribution >= 0.6 is 0 Å². The highest BCUT2D eigenvalue weighted by Crippen LogP contribution is 2.16. The van der Waals surface area contributed by atoms with E-state index in [2.05, 4.69) is 10.6 Å². The number of carbonyl (C=O) groups is 4. The smallest absolute Gasteiger partial charge is 0.407 e. The van der Waals surface area contributed by atoms with Gasteiger partial charge in [0.1, 0.15) is 24.4 Å². The summed E-state index contributed by atoms with van der Waals surface area (Å²) in [6.45, 7) is 7.15. The van der Waals surface area contributed by atoms with Crippen LogP contribution in [0.2, 0.25) is 0 Å². The zero-order valence-electron chi connectivity index (χ0n) is 27.9. The molecular formula is C36H52N2O8. The van der Waals surface area contributed by atoms with Gasteiger partial charge in [0.25, 0.3) is 0 Å². The molecule has 46 heavy (non-hydrogen) atoms. The number of Topliss-reactive ketones (excluding diaryl/α,β-unsaturated/α-hetero) is 2. The van der Waals surface area contributed by atoms with Crippen LogP contribution in [0.15, 0.2) is 48.5 Å². The summed E-state index contributed by atoms with van der Waals surface area (Å²) in [6.07, 6.45) is 9.93. The van der Waals surface area contributed by atoms with Crippen LogP contribution < -0.4 is 10.6 Å². The van der Waals surface area contributed by atoms with Gasteiger partial charge in [-0.3, -0.25) is 9.59 Å². The zero-order chi connectivity index (χ0) is 34.0. The summed E-state index contributed by atoms with van der Waals surface area (Å²) in [5.41, 5.74) is -0.508. The topological polar surface area (TPSA) is 151 Å². The van der Waals surface area contributed by atoms with Crippen molar-refractivity contribution in [3.63, 3.8) is 0 Å². The summed E-state index contributed by atoms with van der Waals surface area (Å²) in [4.78, 5) is 48.0. The minimum atomic E-state index is -1.43. The van der Waals surface area contributed by atoms with Crippen molar-refractivity contribution in [3.05, 3.63) is 70.8 Å². The Balaban J connectivity index is 1.38. The molecule has 0 saturated heterocycles. The Labute approximate surface area is 273 Å². The molecule has 0 spiro atoms. The maximum Gasteiger partial charge on any atom is 0.407 e. The average Bonchev–Trinajstić information content (AvgIpc) is 3.01. The predicted octanol–water partition coefficient (Wildman–Crippen LogP) is 6.65. The number of hydrogen-bond acceptors (Lipinski definition) is 8. The Morgan fingerprint density at radius 1 is 0.522 bits per heavy atom. The fourth-order valence-electron chi connectivity index (χ4n) is 4.66. The van der Waals surface area contributed by atoms with Gasteiger partial charge >= 0.3 is 12.2 Å². The molecule has 0 unspecified atom stereocenters. The van der Waals surface area contributed by atoms with Crippen molar-refractivity contribution < 1.29 is 38.9 Å². The second-order valence-corrected chi connectivity index (χ2v) is 12.7. The SMILES string of the molecule is CC(C)(O)C(=O)c1ccc(COC(=O)NCCCCCCCCCCCCNC(=O)OCc2ccc(C(=O)C(C)(C)O)cc2)cc1. The molecule has 254 valence electrons. The van der Waals surface area contributed by atoms with Crippen LogP contribution in [0.4, 0.5) is 9.59 Å². The number of aliphatic hydroxyl groups is 2. The molecule has 0 bridgehead atoms. The average molecular weight is 641 g/mol. The molecule has 10 nitrogen and oxygen atoms in total. The number of benzene rings is 2. The number of rotatable bonds is 21. The van der Waals surface area contributed by atoms with Gasteiger partial charge in [0.05, 0.1) is 0 Å². The van der Waals surface area contributed by atoms with Gasteiger partial charge < -0.3 is 30.3 Å². The number of alkyl carbamates (subject to hydrolysis) is 2. The lowest BCUT2D eigenvalue weighted by Gasteiger charge is -2.15. The predicted molar refractivity (Wildman–Crippen MR) is 177 cm³/mol. The molecule has 0 saturated carbocycles. The van der Waals surface area contributed by atoms with Crippen LogP contribution in [0.5, 0.6) is 0 Å². The third-order valence-electron chi connectivity index (χ3n) is 7.43. The maximum absolute atomic E-state index is 12.1. The van der Waals surface area contributed by atoms with Crippen LogP contribution in [0.3, 0.4) is 0 Å². The summed E-state index contributed by atoms with van der Waals surface area (Å²) in [6, 6.07) is 13.3. The summed E-state index contributed by atoms with van der Waals surface area (Å²) in [7, 11) is 0. The van der Waals surface area contributed by atoms with Gasteiger partial charge in [-0.2, -0.15) is 0 Å². The van der Waals surface area contributed by atoms with Gasteiger partial charge in [0.15, 0.2) is 11.6 Å². The van der Waals surface area contributed by atoms with E-state index in [4.69, 9.17) is 9.47 Å². The van der Waals surface area contributed by atoms with Gasteiger partial charge in [-0.1, -0.05) is 99.9 Å². The molecule has 2 amide bonds. The maximum atomic E-state index is 12.1. The Morgan fingerprint density at radius 2 is 0.804 bits per heavy atom. The van der Waals surface area contributed by atoms with Crippen LogP contribution in [-0.2, 0) is 22.7 Å². The van der Waals surface area contributed by atoms with Crippen molar-refractivity contribution >= 4 is 23.8 Å². The Bertz CT molecular complexity index is 1130. The zero-order valence-corrected chi connectivity index (χ0v) is 27.9. The molecular weight excluding hydrogens is 588 g/mol. The summed E-state index contributed by atoms with van der Waals surface area (Å²) in [5, 5.41) is 25.2. The molecule has 0 aliphatic rings. The lowest BCUT2D eigenvalue weighted by molar-refractivity contribution is 0.0487. The first-order valence-corrected chi connectivity index (χ1v) is 16.3. The first-order chi connectivity index (χ1) is 21.8. The first kappa shape index (κ1) is 38.4. The number of carbonyl (C=O) groups excluding carboxylic acids is 4. The van der Waals surface area contributed by atoms with E-state index < -0.39 is 23.4 Å². The van der Waals surface area contributed by atoms with Crippen LogP contribution in [-0.4, -0.2) is 58.3 Å². The normalized spacial score (nSPS) is 11.5. The van der Waals surface area contributed by atoms with Crippen molar-refractivity contribution in [1.82, 2.24) is 10.6 Å². The molecule has 4 N–H and O–H groups in total. The van der Waals surface area contributed by atoms with Gasteiger partial charge in [-0.25, -0.2) is 9.59 Å². The van der Waals surface area contributed by atoms with E-state index >= 15 is 0 Å². The highest BCUT2D eigenvalue weighted by Gasteiger charge is 2.25. The van der Waals surface area contributed by atoms with Gasteiger partial charge in [0, 0.05) is 24.2 Å². The molecule has 0 radical (unpaired) electrons. The van der Waals surface area contributed by atoms with E-state index in [9.17, 15) is 29.4 Å². The number of amides is 2. The Kier molecular flexibility index (Phi) is 16.4. The van der Waals surface area contributed by atoms with E-state index in [1.165, 1.54) is 53.4 Å². The van der Waals surface area contributed by atoms with Crippen LogP contribution in [0, 0.1) is 0 Å². The second-order valence-electron chi connectivity index (χ2n) is 12.7. The standard InChI is InChI=1S/C36H52N2O8/c1-35(2,43)31(39)29-19-15-27(16-20-29)25-45-33(41)37-23-13-11-9-7-5-6-8-10-12-14-24-38-34(42)46-26-28-17-21-30(22-18-28)32(40)36(3,4)44/h15-22,43-44H,5-14,23-26H2,1-4H3,(H,37,41)(H,38,42). The summed E-state index contributed by atoms with van der Waals surface area (Å²) < 4.78 is 10.5. The van der Waals surface area contributed by atoms with Gasteiger partial charge in [-0.05, 0) is 51.7 Å². The van der Waals surface area contributed by atoms with E-state index in [0.717, 1.165) is 49.7 Å². The van der Waals surface area contributed by atoms with Crippen LogP contribution in [0.1, 0.15) is 124 Å². The highest BCUT2D eigenvalue weighted by molar-refractivity contribution is 6.02. The molecule has 0 aliphatic heterocycles. The fourth-order valence-corrected chi connectivity index (χ4v) is 4.66. The minimum Gasteiger partial charge on any atom is -0.445 e. The first-order valence-electron chi connectivity index (χ1n) is 16.3. The molecule has 0 atom stereocenters. The molecule has 2 aromatic carbocycles. The number of ketones is 2. The van der Waals surface area contributed by atoms with E-state index in [-0.39, 0.29) is 24.8 Å². The van der Waals surface area contributed by atoms with E-state index in [1.54, 1.807) is 48.5 Å². The molecule has 0 fully saturated rings. The molecule has 0 aliphatic carbocycles. The third kappa shape index (κ3) is 15.5. The largest absolute Gasteiger partial charge is 0.445 e. The molecule has 10 heteroatoms. The number of nitrogens with one attached hydrogen (secondary N) is 2. The quantitative estimate of drug-likeness (QED) is 0.0875. The number of hydrogen-bond donors (Lipinski definition) is 4. The van der Waals surface area contributed by atoms with Gasteiger partial charge in [-0.15, -0.1) is 0 Å². The van der Waals surface area contributed by atoms with Crippen molar-refractivity contribution in [1.29, 1.82) is 0 Å². The van der Waals surface area contributed by atoms with E-state index in [0.29, 0.717) is 24.2 Å². The van der Waals surface area contributed by atoms with Crippen molar-refractivity contribution in [2.24, 2.45) is 0 Å². The fraction of sp³-hybridized carbons (Fsp3) is 0.556. The Morgan fingerprint density at radius 3 is 1.09 bits per heavy atom. The second kappa shape index (κ2) is 19.7. The minimum absolute atomic E-state index is 0.111. The lowest BCUT2D eigenvalue weighted by atomic mass is 9.96. The Hall–Kier alpha value is -3.76. The van der Waals surface area contributed by atoms with Crippen molar-refractivity contribution in [2.45, 2.75) is 116 Å². The van der Waals surface area contributed by atoms with Crippen molar-refractivity contribution in [2.75, 3.05) is 13.1 Å². The number of unbranched alkanes of at least 4 members (excludes halogenated alkanes) is 9. The molecule has 0 aromatic heterocycles. The summed E-state index contributed by atoms with van der Waals surface area (Å²) in [5.74, 6) is -0.717. The van der Waals surface area contributed by atoms with Gasteiger partial charge in [0.2, 0.25) is 0 Å². The number of ether oxygens (including phenoxy) is 2. The lowest BCUT2D eigenvalue weighted by Crippen LogP contribution is -2.31. The van der Waals surface area contributed by atoms with E-state index in [1.807, 2.05) is 0 Å². The monoisotopic (exact) mass is 640 g/mol. The molecule has 0 heterocycles. The summed E-state index contributed by atoms with van der Waals surface area (Å²) >= 11 is 0. The third-order valence-corrected chi connectivity index (χ3v) is 7.43. The highest BCUT2D eigenvalue weighted by atomic mass is 16.6. The molecule has 2 aromatic rings. The van der Waals surface area contributed by atoms with Crippen molar-refractivity contribution in [3.8, 4) is 0 Å².